The lowest BCUT2D eigenvalue weighted by Crippen LogP contribution is -2.02. The van der Waals surface area contributed by atoms with Crippen molar-refractivity contribution in [2.75, 3.05) is 5.75 Å². The number of carbonyl (C=O) groups excluding carboxylic acids is 1. The number of carbonyl (C=O) groups is 1. The second-order valence-corrected chi connectivity index (χ2v) is 7.03. The zero-order chi connectivity index (χ0) is 16.9. The molecule has 0 aliphatic heterocycles. The number of hydrogen-bond acceptors (Lipinski definition) is 4. The summed E-state index contributed by atoms with van der Waals surface area (Å²) >= 11 is 1.90. The van der Waals surface area contributed by atoms with Crippen molar-refractivity contribution in [3.05, 3.63) is 66.4 Å². The Morgan fingerprint density at radius 1 is 1.04 bits per heavy atom. The number of hydrogen-bond donors (Lipinski definition) is 0. The number of fused-ring (bicyclic) bond motifs is 1. The maximum absolute atomic E-state index is 12.3. The van der Waals surface area contributed by atoms with Crippen LogP contribution < -0.4 is 0 Å². The van der Waals surface area contributed by atoms with Gasteiger partial charge in [0.25, 0.3) is 5.76 Å². The van der Waals surface area contributed by atoms with Crippen LogP contribution in [0.5, 0.6) is 0 Å². The first kappa shape index (κ1) is 16.9. The van der Waals surface area contributed by atoms with E-state index >= 15 is 0 Å². The third-order valence-corrected chi connectivity index (χ3v) is 5.13. The number of Topliss-reactive ketones (excluding diaryl/α,β-unsaturated/α-hetero) is 1. The molecule has 0 fully saturated rings. The molecule has 0 aliphatic rings. The predicted molar refractivity (Wildman–Crippen MR) is 95.1 cm³/mol. The van der Waals surface area contributed by atoms with Crippen LogP contribution in [0.3, 0.4) is 0 Å². The Morgan fingerprint density at radius 3 is 2.54 bits per heavy atom. The molecule has 3 aromatic rings. The van der Waals surface area contributed by atoms with Crippen molar-refractivity contribution in [1.29, 1.82) is 0 Å². The number of halogens is 2. The summed E-state index contributed by atoms with van der Waals surface area (Å²) in [7, 11) is 0. The smallest absolute Gasteiger partial charge is 0.288 e. The van der Waals surface area contributed by atoms with E-state index in [4.69, 9.17) is 0 Å². The van der Waals surface area contributed by atoms with Crippen molar-refractivity contribution in [2.24, 2.45) is 0 Å². The lowest BCUT2D eigenvalue weighted by atomic mass is 10.1. The van der Waals surface area contributed by atoms with Crippen molar-refractivity contribution in [3.63, 3.8) is 0 Å². The highest BCUT2D eigenvalue weighted by Crippen LogP contribution is 2.28. The fourth-order valence-corrected chi connectivity index (χ4v) is 3.68. The van der Waals surface area contributed by atoms with Gasteiger partial charge in [0.2, 0.25) is 0 Å². The van der Waals surface area contributed by atoms with Crippen molar-refractivity contribution >= 4 is 40.2 Å². The van der Waals surface area contributed by atoms with Crippen LogP contribution in [0.1, 0.15) is 10.4 Å². The van der Waals surface area contributed by atoms with Gasteiger partial charge in [-0.2, -0.15) is 8.78 Å². The van der Waals surface area contributed by atoms with Crippen LogP contribution in [-0.4, -0.2) is 22.3 Å². The van der Waals surface area contributed by atoms with E-state index in [2.05, 4.69) is 4.98 Å². The van der Waals surface area contributed by atoms with Gasteiger partial charge >= 0.3 is 0 Å². The zero-order valence-corrected chi connectivity index (χ0v) is 14.1. The molecule has 24 heavy (non-hydrogen) atoms. The molecule has 2 nitrogen and oxygen atoms in total. The Balaban J connectivity index is 1.68. The Hall–Kier alpha value is -1.92. The van der Waals surface area contributed by atoms with Gasteiger partial charge in [-0.25, -0.2) is 0 Å². The lowest BCUT2D eigenvalue weighted by molar-refractivity contribution is 0.102. The van der Waals surface area contributed by atoms with Crippen molar-refractivity contribution in [3.8, 4) is 0 Å². The summed E-state index contributed by atoms with van der Waals surface area (Å²) < 4.78 is 24.6. The van der Waals surface area contributed by atoms with Gasteiger partial charge < -0.3 is 0 Å². The predicted octanol–water partition coefficient (Wildman–Crippen LogP) is 5.52. The number of benzene rings is 2. The van der Waals surface area contributed by atoms with E-state index in [-0.39, 0.29) is 11.5 Å². The highest BCUT2D eigenvalue weighted by molar-refractivity contribution is 8.00. The Bertz CT molecular complexity index is 848. The fourth-order valence-electron chi connectivity index (χ4n) is 2.24. The number of rotatable bonds is 6. The SMILES string of the molecule is O=C(CSc1cccc2cccnc12)c1ccc(SC(F)F)cc1. The second kappa shape index (κ2) is 7.77. The average molecular weight is 361 g/mol. The molecular formula is C18H13F2NOS2. The van der Waals surface area contributed by atoms with Crippen molar-refractivity contribution < 1.29 is 13.6 Å². The van der Waals surface area contributed by atoms with E-state index in [1.54, 1.807) is 30.5 Å². The molecule has 0 spiro atoms. The van der Waals surface area contributed by atoms with Gasteiger partial charge in [0.1, 0.15) is 0 Å². The number of thioether (sulfide) groups is 2. The summed E-state index contributed by atoms with van der Waals surface area (Å²) in [6.07, 6.45) is 1.73. The van der Waals surface area contributed by atoms with Gasteiger partial charge in [-0.1, -0.05) is 42.1 Å². The Labute approximate surface area is 146 Å². The molecule has 0 N–H and O–H groups in total. The average Bonchev–Trinajstić information content (AvgIpc) is 2.59. The molecule has 1 aromatic heterocycles. The van der Waals surface area contributed by atoms with E-state index in [1.807, 2.05) is 30.3 Å². The third kappa shape index (κ3) is 4.13. The summed E-state index contributed by atoms with van der Waals surface area (Å²) in [5.41, 5.74) is 1.40. The van der Waals surface area contributed by atoms with E-state index in [0.717, 1.165) is 15.8 Å². The van der Waals surface area contributed by atoms with E-state index in [1.165, 1.54) is 11.8 Å². The largest absolute Gasteiger partial charge is 0.293 e. The number of pyridine rings is 1. The quantitative estimate of drug-likeness (QED) is 0.427. The van der Waals surface area contributed by atoms with Crippen LogP contribution in [0, 0.1) is 0 Å². The molecule has 0 atom stereocenters. The van der Waals surface area contributed by atoms with Gasteiger partial charge in [-0.15, -0.1) is 11.8 Å². The molecule has 0 radical (unpaired) electrons. The molecular weight excluding hydrogens is 348 g/mol. The number of alkyl halides is 2. The fraction of sp³-hybridized carbons (Fsp3) is 0.111. The monoisotopic (exact) mass is 361 g/mol. The highest BCUT2D eigenvalue weighted by Gasteiger charge is 2.10. The van der Waals surface area contributed by atoms with Gasteiger partial charge in [0.15, 0.2) is 5.78 Å². The van der Waals surface area contributed by atoms with Crippen LogP contribution in [0.4, 0.5) is 8.78 Å². The summed E-state index contributed by atoms with van der Waals surface area (Å²) in [5.74, 6) is -2.22. The Morgan fingerprint density at radius 2 is 1.79 bits per heavy atom. The first-order valence-electron chi connectivity index (χ1n) is 7.18. The van der Waals surface area contributed by atoms with E-state index in [0.29, 0.717) is 22.2 Å². The summed E-state index contributed by atoms with van der Waals surface area (Å²) in [5, 5.41) is 1.03. The molecule has 6 heteroatoms. The summed E-state index contributed by atoms with van der Waals surface area (Å²) in [6, 6.07) is 16.0. The maximum atomic E-state index is 12.3. The zero-order valence-electron chi connectivity index (χ0n) is 12.5. The number of nitrogens with zero attached hydrogens (tertiary/aromatic N) is 1. The summed E-state index contributed by atoms with van der Waals surface area (Å²) in [6.45, 7) is 0. The standard InChI is InChI=1S/C18H13F2NOS2/c19-18(20)24-14-8-6-12(7-9-14)15(22)11-23-16-5-1-3-13-4-2-10-21-17(13)16/h1-10,18H,11H2. The number of aromatic nitrogens is 1. The first-order chi connectivity index (χ1) is 11.6. The molecule has 0 unspecified atom stereocenters. The molecule has 0 saturated carbocycles. The van der Waals surface area contributed by atoms with Crippen LogP contribution in [-0.2, 0) is 0 Å². The minimum atomic E-state index is -2.46. The number of para-hydroxylation sites is 1. The molecule has 2 aromatic carbocycles. The molecule has 3 rings (SSSR count). The molecule has 1 heterocycles. The molecule has 0 amide bonds. The highest BCUT2D eigenvalue weighted by atomic mass is 32.2. The second-order valence-electron chi connectivity index (χ2n) is 4.95. The van der Waals surface area contributed by atoms with E-state index < -0.39 is 5.76 Å². The molecule has 0 saturated heterocycles. The van der Waals surface area contributed by atoms with Crippen molar-refractivity contribution in [2.45, 2.75) is 15.5 Å². The molecule has 0 aliphatic carbocycles. The van der Waals surface area contributed by atoms with Crippen molar-refractivity contribution in [1.82, 2.24) is 4.98 Å². The van der Waals surface area contributed by atoms with Gasteiger partial charge in [-0.3, -0.25) is 9.78 Å². The molecule has 122 valence electrons. The third-order valence-electron chi connectivity index (χ3n) is 3.36. The minimum absolute atomic E-state index is 0.0402. The lowest BCUT2D eigenvalue weighted by Gasteiger charge is -2.06. The van der Waals surface area contributed by atoms with Crippen LogP contribution in [0.2, 0.25) is 0 Å². The van der Waals surface area contributed by atoms with Crippen LogP contribution in [0.15, 0.2) is 70.6 Å². The number of ketones is 1. The first-order valence-corrected chi connectivity index (χ1v) is 9.04. The Kier molecular flexibility index (Phi) is 5.48. The normalized spacial score (nSPS) is 11.1. The summed E-state index contributed by atoms with van der Waals surface area (Å²) in [4.78, 5) is 18.1. The van der Waals surface area contributed by atoms with Crippen LogP contribution in [0.25, 0.3) is 10.9 Å². The van der Waals surface area contributed by atoms with Gasteiger partial charge in [0, 0.05) is 26.9 Å². The molecule has 0 bridgehead atoms. The topological polar surface area (TPSA) is 30.0 Å². The van der Waals surface area contributed by atoms with Crippen LogP contribution >= 0.6 is 23.5 Å². The minimum Gasteiger partial charge on any atom is -0.293 e. The van der Waals surface area contributed by atoms with Gasteiger partial charge in [0.05, 0.1) is 11.3 Å². The van der Waals surface area contributed by atoms with E-state index in [9.17, 15) is 13.6 Å². The maximum Gasteiger partial charge on any atom is 0.288 e. The van der Waals surface area contributed by atoms with Gasteiger partial charge in [-0.05, 0) is 24.3 Å².